The van der Waals surface area contributed by atoms with Crippen LogP contribution in [0.25, 0.3) is 0 Å². The summed E-state index contributed by atoms with van der Waals surface area (Å²) in [6.07, 6.45) is 1.60. The predicted octanol–water partition coefficient (Wildman–Crippen LogP) is 0.773. The van der Waals surface area contributed by atoms with Crippen LogP contribution in [0.1, 0.15) is 26.7 Å². The highest BCUT2D eigenvalue weighted by molar-refractivity contribution is 4.70. The standard InChI is InChI=1S/C9H21NO2/c1-4-9(2,11)5-6-10-7-8-12-3/h10-11H,4-8H2,1-3H3. The van der Waals surface area contributed by atoms with Crippen molar-refractivity contribution in [3.05, 3.63) is 0 Å². The second-order valence-electron chi connectivity index (χ2n) is 3.34. The Hall–Kier alpha value is -0.120. The number of ether oxygens (including phenoxy) is 1. The molecular formula is C9H21NO2. The van der Waals surface area contributed by atoms with Crippen LogP contribution in [-0.4, -0.2) is 37.5 Å². The molecule has 0 bridgehead atoms. The van der Waals surface area contributed by atoms with Gasteiger partial charge >= 0.3 is 0 Å². The third-order valence-corrected chi connectivity index (χ3v) is 2.08. The zero-order valence-electron chi connectivity index (χ0n) is 8.39. The number of hydrogen-bond acceptors (Lipinski definition) is 3. The van der Waals surface area contributed by atoms with Crippen molar-refractivity contribution in [3.8, 4) is 0 Å². The maximum Gasteiger partial charge on any atom is 0.0629 e. The van der Waals surface area contributed by atoms with Crippen molar-refractivity contribution in [1.82, 2.24) is 5.32 Å². The number of hydrogen-bond donors (Lipinski definition) is 2. The average Bonchev–Trinajstić information content (AvgIpc) is 2.04. The van der Waals surface area contributed by atoms with E-state index in [0.717, 1.165) is 32.5 Å². The molecule has 0 aliphatic rings. The molecule has 0 heterocycles. The van der Waals surface area contributed by atoms with Crippen molar-refractivity contribution >= 4 is 0 Å². The molecule has 0 fully saturated rings. The minimum absolute atomic E-state index is 0.514. The molecule has 0 saturated carbocycles. The summed E-state index contributed by atoms with van der Waals surface area (Å²) < 4.78 is 4.88. The normalized spacial score (nSPS) is 16.0. The van der Waals surface area contributed by atoms with E-state index in [0.29, 0.717) is 0 Å². The lowest BCUT2D eigenvalue weighted by atomic mass is 10.00. The summed E-state index contributed by atoms with van der Waals surface area (Å²) in [4.78, 5) is 0. The van der Waals surface area contributed by atoms with Gasteiger partial charge in [0.15, 0.2) is 0 Å². The molecular weight excluding hydrogens is 154 g/mol. The summed E-state index contributed by atoms with van der Waals surface area (Å²) in [6, 6.07) is 0. The molecule has 2 N–H and O–H groups in total. The Bertz CT molecular complexity index is 105. The SMILES string of the molecule is CCC(C)(O)CCNCCOC. The fraction of sp³-hybridized carbons (Fsp3) is 1.00. The van der Waals surface area contributed by atoms with Gasteiger partial charge in [-0.25, -0.2) is 0 Å². The van der Waals surface area contributed by atoms with E-state index in [1.165, 1.54) is 0 Å². The Kier molecular flexibility index (Phi) is 6.34. The molecule has 1 atom stereocenters. The number of aliphatic hydroxyl groups is 1. The fourth-order valence-electron chi connectivity index (χ4n) is 0.834. The van der Waals surface area contributed by atoms with Gasteiger partial charge in [0, 0.05) is 13.7 Å². The van der Waals surface area contributed by atoms with Crippen LogP contribution < -0.4 is 5.32 Å². The van der Waals surface area contributed by atoms with Crippen LogP contribution in [0, 0.1) is 0 Å². The van der Waals surface area contributed by atoms with Gasteiger partial charge in [0.1, 0.15) is 0 Å². The fourth-order valence-corrected chi connectivity index (χ4v) is 0.834. The monoisotopic (exact) mass is 175 g/mol. The number of nitrogens with one attached hydrogen (secondary N) is 1. The first-order valence-corrected chi connectivity index (χ1v) is 4.54. The van der Waals surface area contributed by atoms with Crippen molar-refractivity contribution in [3.63, 3.8) is 0 Å². The summed E-state index contributed by atoms with van der Waals surface area (Å²) >= 11 is 0. The molecule has 0 aromatic carbocycles. The summed E-state index contributed by atoms with van der Waals surface area (Å²) in [6.45, 7) is 6.30. The van der Waals surface area contributed by atoms with Crippen molar-refractivity contribution in [2.75, 3.05) is 26.8 Å². The van der Waals surface area contributed by atoms with Crippen LogP contribution in [0.3, 0.4) is 0 Å². The van der Waals surface area contributed by atoms with Crippen LogP contribution in [-0.2, 0) is 4.74 Å². The van der Waals surface area contributed by atoms with E-state index in [4.69, 9.17) is 4.74 Å². The summed E-state index contributed by atoms with van der Waals surface area (Å²) in [7, 11) is 1.68. The Balaban J connectivity index is 3.19. The first-order chi connectivity index (χ1) is 5.62. The van der Waals surface area contributed by atoms with Crippen molar-refractivity contribution in [2.45, 2.75) is 32.3 Å². The van der Waals surface area contributed by atoms with Crippen LogP contribution in [0.15, 0.2) is 0 Å². The molecule has 3 nitrogen and oxygen atoms in total. The molecule has 0 aromatic heterocycles. The van der Waals surface area contributed by atoms with Gasteiger partial charge in [-0.3, -0.25) is 0 Å². The maximum absolute atomic E-state index is 9.61. The molecule has 0 aromatic rings. The van der Waals surface area contributed by atoms with Gasteiger partial charge in [0.2, 0.25) is 0 Å². The van der Waals surface area contributed by atoms with Crippen molar-refractivity contribution in [1.29, 1.82) is 0 Å². The minimum Gasteiger partial charge on any atom is -0.390 e. The van der Waals surface area contributed by atoms with E-state index in [2.05, 4.69) is 5.32 Å². The van der Waals surface area contributed by atoms with Crippen LogP contribution >= 0.6 is 0 Å². The van der Waals surface area contributed by atoms with Crippen molar-refractivity contribution < 1.29 is 9.84 Å². The quantitative estimate of drug-likeness (QED) is 0.562. The lowest BCUT2D eigenvalue weighted by molar-refractivity contribution is 0.0468. The van der Waals surface area contributed by atoms with Gasteiger partial charge in [-0.2, -0.15) is 0 Å². The maximum atomic E-state index is 9.61. The van der Waals surface area contributed by atoms with E-state index in [9.17, 15) is 5.11 Å². The highest BCUT2D eigenvalue weighted by Gasteiger charge is 2.15. The zero-order chi connectivity index (χ0) is 9.45. The largest absolute Gasteiger partial charge is 0.390 e. The molecule has 74 valence electrons. The summed E-state index contributed by atoms with van der Waals surface area (Å²) in [5.74, 6) is 0. The molecule has 1 unspecified atom stereocenters. The van der Waals surface area contributed by atoms with Crippen LogP contribution in [0.2, 0.25) is 0 Å². The summed E-state index contributed by atoms with van der Waals surface area (Å²) in [5, 5.41) is 12.8. The zero-order valence-corrected chi connectivity index (χ0v) is 8.39. The van der Waals surface area contributed by atoms with Gasteiger partial charge in [0.05, 0.1) is 12.2 Å². The molecule has 3 heteroatoms. The summed E-state index contributed by atoms with van der Waals surface area (Å²) in [5.41, 5.74) is -0.514. The van der Waals surface area contributed by atoms with Gasteiger partial charge in [-0.15, -0.1) is 0 Å². The average molecular weight is 175 g/mol. The third kappa shape index (κ3) is 6.58. The second kappa shape index (κ2) is 6.40. The van der Waals surface area contributed by atoms with E-state index in [1.54, 1.807) is 7.11 Å². The van der Waals surface area contributed by atoms with Gasteiger partial charge in [-0.05, 0) is 26.3 Å². The van der Waals surface area contributed by atoms with E-state index >= 15 is 0 Å². The second-order valence-corrected chi connectivity index (χ2v) is 3.34. The lowest BCUT2D eigenvalue weighted by Crippen LogP contribution is -2.30. The minimum atomic E-state index is -0.514. The Labute approximate surface area is 75.1 Å². The molecule has 0 rings (SSSR count). The van der Waals surface area contributed by atoms with Gasteiger partial charge in [-0.1, -0.05) is 6.92 Å². The molecule has 12 heavy (non-hydrogen) atoms. The van der Waals surface area contributed by atoms with Gasteiger partial charge in [0.25, 0.3) is 0 Å². The van der Waals surface area contributed by atoms with E-state index < -0.39 is 5.60 Å². The number of methoxy groups -OCH3 is 1. The van der Waals surface area contributed by atoms with Crippen molar-refractivity contribution in [2.24, 2.45) is 0 Å². The molecule has 0 amide bonds. The van der Waals surface area contributed by atoms with E-state index in [-0.39, 0.29) is 0 Å². The topological polar surface area (TPSA) is 41.5 Å². The Morgan fingerprint density at radius 2 is 2.08 bits per heavy atom. The Morgan fingerprint density at radius 3 is 2.58 bits per heavy atom. The highest BCUT2D eigenvalue weighted by atomic mass is 16.5. The lowest BCUT2D eigenvalue weighted by Gasteiger charge is -2.20. The first-order valence-electron chi connectivity index (χ1n) is 4.54. The molecule has 0 spiro atoms. The first kappa shape index (κ1) is 11.9. The highest BCUT2D eigenvalue weighted by Crippen LogP contribution is 2.11. The molecule has 0 aliphatic carbocycles. The Morgan fingerprint density at radius 1 is 1.42 bits per heavy atom. The smallest absolute Gasteiger partial charge is 0.0629 e. The molecule has 0 radical (unpaired) electrons. The molecule has 0 aliphatic heterocycles. The van der Waals surface area contributed by atoms with Crippen LogP contribution in [0.4, 0.5) is 0 Å². The van der Waals surface area contributed by atoms with Crippen LogP contribution in [0.5, 0.6) is 0 Å². The van der Waals surface area contributed by atoms with E-state index in [1.807, 2.05) is 13.8 Å². The van der Waals surface area contributed by atoms with Gasteiger partial charge < -0.3 is 15.2 Å². The molecule has 0 saturated heterocycles. The number of rotatable bonds is 7. The predicted molar refractivity (Wildman–Crippen MR) is 50.3 cm³/mol. The third-order valence-electron chi connectivity index (χ3n) is 2.08.